The van der Waals surface area contributed by atoms with Gasteiger partial charge in [-0.3, -0.25) is 10.1 Å². The van der Waals surface area contributed by atoms with Gasteiger partial charge in [0.05, 0.1) is 23.6 Å². The van der Waals surface area contributed by atoms with Crippen molar-refractivity contribution in [3.8, 4) is 5.75 Å². The van der Waals surface area contributed by atoms with Crippen LogP contribution in [0, 0.1) is 10.1 Å². The fraction of sp³-hybridized carbons (Fsp3) is 0.231. The molecule has 0 amide bonds. The number of carbonyl (C=O) groups excluding carboxylic acids is 1. The van der Waals surface area contributed by atoms with Crippen LogP contribution in [0.2, 0.25) is 0 Å². The Morgan fingerprint density at radius 2 is 2.14 bits per heavy atom. The lowest BCUT2D eigenvalue weighted by atomic mass is 9.95. The molecule has 1 aliphatic rings. The largest absolute Gasteiger partial charge is 0.868 e. The maximum absolute atomic E-state index is 12.0. The summed E-state index contributed by atoms with van der Waals surface area (Å²) in [6, 6.07) is 2.90. The minimum absolute atomic E-state index is 0.240. The summed E-state index contributed by atoms with van der Waals surface area (Å²) in [5.74, 6) is -1.30. The molecule has 2 rings (SSSR count). The van der Waals surface area contributed by atoms with Crippen molar-refractivity contribution in [2.75, 3.05) is 7.11 Å². The number of hydrogen-bond acceptors (Lipinski definition) is 6. The van der Waals surface area contributed by atoms with Gasteiger partial charge in [-0.25, -0.2) is 4.79 Å². The summed E-state index contributed by atoms with van der Waals surface area (Å²) in [6.45, 7) is 1.64. The van der Waals surface area contributed by atoms with Gasteiger partial charge in [0.25, 0.3) is 5.69 Å². The van der Waals surface area contributed by atoms with Crippen molar-refractivity contribution in [3.63, 3.8) is 0 Å². The number of ether oxygens (including phenoxy) is 1. The molecule has 0 spiro atoms. The SMILES string of the molecule is COC(=O)C1=C(C)NC(=S)N[C@@H]1c1ccc([O-])c([N+](=O)[O-])c1. The number of nitro benzene ring substituents is 1. The zero-order valence-electron chi connectivity index (χ0n) is 11.7. The summed E-state index contributed by atoms with van der Waals surface area (Å²) in [4.78, 5) is 22.1. The van der Waals surface area contributed by atoms with Crippen molar-refractivity contribution < 1.29 is 19.6 Å². The lowest BCUT2D eigenvalue weighted by Gasteiger charge is -2.29. The first kappa shape index (κ1) is 15.7. The average molecular weight is 322 g/mol. The van der Waals surface area contributed by atoms with Crippen molar-refractivity contribution in [2.45, 2.75) is 13.0 Å². The second-order valence-electron chi connectivity index (χ2n) is 4.55. The number of nitro groups is 1. The highest BCUT2D eigenvalue weighted by atomic mass is 32.1. The predicted molar refractivity (Wildman–Crippen MR) is 78.9 cm³/mol. The standard InChI is InChI=1S/C13H13N3O5S/c1-6-10(12(18)21-2)11(15-13(22)14-6)7-3-4-9(17)8(5-7)16(19)20/h3-5,11,17H,1-2H3,(H2,14,15,22)/p-1/t11-/m1/s1. The van der Waals surface area contributed by atoms with E-state index < -0.39 is 28.4 Å². The zero-order chi connectivity index (χ0) is 16.4. The van der Waals surface area contributed by atoms with Crippen molar-refractivity contribution in [3.05, 3.63) is 45.1 Å². The third kappa shape index (κ3) is 2.84. The van der Waals surface area contributed by atoms with Crippen molar-refractivity contribution in [2.24, 2.45) is 0 Å². The van der Waals surface area contributed by atoms with E-state index in [1.807, 2.05) is 0 Å². The number of esters is 1. The maximum Gasteiger partial charge on any atom is 0.337 e. The first-order valence-electron chi connectivity index (χ1n) is 6.17. The molecule has 0 unspecified atom stereocenters. The highest BCUT2D eigenvalue weighted by Crippen LogP contribution is 2.32. The third-order valence-corrected chi connectivity index (χ3v) is 3.41. The Kier molecular flexibility index (Phi) is 4.27. The van der Waals surface area contributed by atoms with E-state index in [1.165, 1.54) is 13.2 Å². The van der Waals surface area contributed by atoms with E-state index in [2.05, 4.69) is 10.6 Å². The number of allylic oxidation sites excluding steroid dienone is 1. The number of nitrogens with zero attached hydrogens (tertiary/aromatic N) is 1. The van der Waals surface area contributed by atoms with Crippen LogP contribution in [0.1, 0.15) is 18.5 Å². The van der Waals surface area contributed by atoms with Crippen LogP contribution in [0.4, 0.5) is 5.69 Å². The Morgan fingerprint density at radius 3 is 2.73 bits per heavy atom. The van der Waals surface area contributed by atoms with Crippen LogP contribution in [-0.2, 0) is 9.53 Å². The van der Waals surface area contributed by atoms with Crippen molar-refractivity contribution in [1.82, 2.24) is 10.6 Å². The summed E-state index contributed by atoms with van der Waals surface area (Å²) >= 11 is 5.04. The molecule has 116 valence electrons. The summed E-state index contributed by atoms with van der Waals surface area (Å²) in [7, 11) is 1.23. The Labute approximate surface area is 130 Å². The van der Waals surface area contributed by atoms with Gasteiger partial charge in [-0.1, -0.05) is 12.1 Å². The molecule has 1 atom stereocenters. The smallest absolute Gasteiger partial charge is 0.337 e. The van der Waals surface area contributed by atoms with E-state index in [0.29, 0.717) is 11.3 Å². The van der Waals surface area contributed by atoms with Crippen LogP contribution < -0.4 is 15.7 Å². The maximum atomic E-state index is 12.0. The van der Waals surface area contributed by atoms with E-state index >= 15 is 0 Å². The van der Waals surface area contributed by atoms with Gasteiger partial charge in [0.15, 0.2) is 5.11 Å². The minimum atomic E-state index is -0.764. The Balaban J connectivity index is 2.55. The summed E-state index contributed by atoms with van der Waals surface area (Å²) in [6.07, 6.45) is 0. The molecule has 1 aromatic carbocycles. The van der Waals surface area contributed by atoms with Crippen molar-refractivity contribution >= 4 is 29.0 Å². The van der Waals surface area contributed by atoms with Gasteiger partial charge >= 0.3 is 5.97 Å². The Bertz CT molecular complexity index is 701. The van der Waals surface area contributed by atoms with Gasteiger partial charge in [0.1, 0.15) is 0 Å². The molecule has 0 bridgehead atoms. The molecular formula is C13H12N3O5S-. The fourth-order valence-electron chi connectivity index (χ4n) is 2.18. The molecule has 2 N–H and O–H groups in total. The van der Waals surface area contributed by atoms with Crippen LogP contribution in [0.15, 0.2) is 29.5 Å². The fourth-order valence-corrected chi connectivity index (χ4v) is 2.45. The number of rotatable bonds is 3. The number of hydrogen-bond donors (Lipinski definition) is 2. The molecule has 9 heteroatoms. The molecule has 0 fully saturated rings. The van der Waals surface area contributed by atoms with E-state index in [4.69, 9.17) is 17.0 Å². The van der Waals surface area contributed by atoms with Gasteiger partial charge in [-0.15, -0.1) is 0 Å². The summed E-state index contributed by atoms with van der Waals surface area (Å²) in [5.41, 5.74) is 0.527. The van der Waals surface area contributed by atoms with E-state index in [9.17, 15) is 20.0 Å². The topological polar surface area (TPSA) is 117 Å². The summed E-state index contributed by atoms with van der Waals surface area (Å²) in [5, 5.41) is 28.3. The molecule has 0 aliphatic carbocycles. The van der Waals surface area contributed by atoms with Crippen LogP contribution in [-0.4, -0.2) is 23.1 Å². The van der Waals surface area contributed by atoms with Crippen LogP contribution in [0.5, 0.6) is 5.75 Å². The number of nitrogens with one attached hydrogen (secondary N) is 2. The van der Waals surface area contributed by atoms with E-state index in [1.54, 1.807) is 6.92 Å². The quantitative estimate of drug-likeness (QED) is 0.360. The lowest BCUT2D eigenvalue weighted by molar-refractivity contribution is -0.398. The van der Waals surface area contributed by atoms with Gasteiger partial charge < -0.3 is 20.5 Å². The summed E-state index contributed by atoms with van der Waals surface area (Å²) < 4.78 is 4.73. The first-order valence-corrected chi connectivity index (χ1v) is 6.58. The van der Waals surface area contributed by atoms with Gasteiger partial charge in [0.2, 0.25) is 0 Å². The molecular weight excluding hydrogens is 310 g/mol. The molecule has 1 aromatic rings. The predicted octanol–water partition coefficient (Wildman–Crippen LogP) is 0.634. The van der Waals surface area contributed by atoms with E-state index in [-0.39, 0.29) is 10.7 Å². The van der Waals surface area contributed by atoms with Crippen molar-refractivity contribution in [1.29, 1.82) is 0 Å². The Morgan fingerprint density at radius 1 is 1.45 bits per heavy atom. The van der Waals surface area contributed by atoms with Crippen LogP contribution in [0.3, 0.4) is 0 Å². The monoisotopic (exact) mass is 322 g/mol. The third-order valence-electron chi connectivity index (χ3n) is 3.19. The minimum Gasteiger partial charge on any atom is -0.868 e. The highest BCUT2D eigenvalue weighted by Gasteiger charge is 2.31. The molecule has 0 saturated carbocycles. The molecule has 22 heavy (non-hydrogen) atoms. The average Bonchev–Trinajstić information content (AvgIpc) is 2.46. The van der Waals surface area contributed by atoms with Gasteiger partial charge in [-0.05, 0) is 30.5 Å². The second kappa shape index (κ2) is 5.98. The lowest BCUT2D eigenvalue weighted by Crippen LogP contribution is -2.45. The number of thiocarbonyl (C=S) groups is 1. The van der Waals surface area contributed by atoms with Gasteiger partial charge in [-0.2, -0.15) is 0 Å². The second-order valence-corrected chi connectivity index (χ2v) is 4.95. The molecule has 0 saturated heterocycles. The first-order chi connectivity index (χ1) is 10.3. The molecule has 8 nitrogen and oxygen atoms in total. The number of benzene rings is 1. The normalized spacial score (nSPS) is 17.5. The van der Waals surface area contributed by atoms with E-state index in [0.717, 1.165) is 12.1 Å². The number of carbonyl (C=O) groups is 1. The molecule has 0 aromatic heterocycles. The van der Waals surface area contributed by atoms with Crippen LogP contribution in [0.25, 0.3) is 0 Å². The zero-order valence-corrected chi connectivity index (χ0v) is 12.5. The molecule has 0 radical (unpaired) electrons. The highest BCUT2D eigenvalue weighted by molar-refractivity contribution is 7.80. The Hall–Kier alpha value is -2.68. The molecule has 1 aliphatic heterocycles. The molecule has 1 heterocycles. The number of methoxy groups -OCH3 is 1. The van der Waals surface area contributed by atoms with Gasteiger partial charge in [0, 0.05) is 11.8 Å². The van der Waals surface area contributed by atoms with Crippen LogP contribution >= 0.6 is 12.2 Å².